The second-order valence-electron chi connectivity index (χ2n) is 7.16. The number of ether oxygens (including phenoxy) is 1. The summed E-state index contributed by atoms with van der Waals surface area (Å²) < 4.78 is 5.12. The predicted molar refractivity (Wildman–Crippen MR) is 133 cm³/mol. The molecule has 5 nitrogen and oxygen atoms in total. The van der Waals surface area contributed by atoms with E-state index in [4.69, 9.17) is 4.74 Å². The van der Waals surface area contributed by atoms with E-state index in [1.165, 1.54) is 37.7 Å². The van der Waals surface area contributed by atoms with Crippen LogP contribution >= 0.6 is 0 Å². The molecule has 4 N–H and O–H groups in total. The largest absolute Gasteiger partial charge is 0.374 e. The SMILES string of the molecule is C#C.C=CCNC(O)OC/C=C/NC(O)CC1CCC(CC(/C=C\C)=C/C)CC1.CC. The first kappa shape index (κ1) is 31.3. The van der Waals surface area contributed by atoms with Crippen LogP contribution in [0.4, 0.5) is 0 Å². The number of aliphatic hydroxyl groups is 2. The maximum atomic E-state index is 10.2. The minimum atomic E-state index is -1.01. The van der Waals surface area contributed by atoms with Crippen LogP contribution in [0.1, 0.15) is 66.2 Å². The van der Waals surface area contributed by atoms with Crippen molar-refractivity contribution < 1.29 is 14.9 Å². The van der Waals surface area contributed by atoms with Gasteiger partial charge in [0.05, 0.1) is 6.61 Å². The predicted octanol–water partition coefficient (Wildman–Crippen LogP) is 4.86. The third kappa shape index (κ3) is 17.5. The van der Waals surface area contributed by atoms with Crippen LogP contribution in [-0.4, -0.2) is 36.0 Å². The average molecular weight is 435 g/mol. The molecule has 0 aromatic heterocycles. The molecule has 2 unspecified atom stereocenters. The van der Waals surface area contributed by atoms with Gasteiger partial charge in [0.2, 0.25) is 6.41 Å². The lowest BCUT2D eigenvalue weighted by Crippen LogP contribution is -2.31. The van der Waals surface area contributed by atoms with E-state index in [9.17, 15) is 10.2 Å². The van der Waals surface area contributed by atoms with Gasteiger partial charge in [0.1, 0.15) is 6.23 Å². The molecule has 1 aliphatic rings. The summed E-state index contributed by atoms with van der Waals surface area (Å²) in [5.41, 5.74) is 1.43. The standard InChI is InChI=1S/C22H38N2O3.C2H6.C2H2/c1-4-8-18(6-3)16-19-9-11-20(12-10-19)17-21(25)23-14-7-15-27-22(26)24-13-5-2;2*1-2/h4-8,14,19-26H,2,9-13,15-17H2,1,3H3;1-2H3;1-2H/b8-4-,14-7+,18-6+;;. The molecule has 0 bridgehead atoms. The number of nitrogens with one attached hydrogen (secondary N) is 2. The summed E-state index contributed by atoms with van der Waals surface area (Å²) >= 11 is 0. The highest BCUT2D eigenvalue weighted by atomic mass is 16.6. The van der Waals surface area contributed by atoms with Crippen molar-refractivity contribution in [1.82, 2.24) is 10.6 Å². The van der Waals surface area contributed by atoms with Crippen LogP contribution in [-0.2, 0) is 4.74 Å². The zero-order valence-corrected chi connectivity index (χ0v) is 20.1. The summed E-state index contributed by atoms with van der Waals surface area (Å²) in [7, 11) is 0. The minimum absolute atomic E-state index is 0.260. The third-order valence-electron chi connectivity index (χ3n) is 4.99. The normalized spacial score (nSPS) is 20.8. The number of rotatable bonds is 13. The molecule has 31 heavy (non-hydrogen) atoms. The van der Waals surface area contributed by atoms with Crippen LogP contribution in [0.15, 0.2) is 48.7 Å². The summed E-state index contributed by atoms with van der Waals surface area (Å²) in [4.78, 5) is 0. The number of aliphatic hydroxyl groups excluding tert-OH is 2. The van der Waals surface area contributed by atoms with Crippen LogP contribution < -0.4 is 10.6 Å². The Labute approximate surface area is 191 Å². The minimum Gasteiger partial charge on any atom is -0.374 e. The van der Waals surface area contributed by atoms with Gasteiger partial charge in [-0.3, -0.25) is 5.32 Å². The van der Waals surface area contributed by atoms with Gasteiger partial charge in [0, 0.05) is 6.54 Å². The average Bonchev–Trinajstić information content (AvgIpc) is 2.81. The lowest BCUT2D eigenvalue weighted by atomic mass is 9.77. The molecule has 5 heteroatoms. The highest BCUT2D eigenvalue weighted by molar-refractivity contribution is 5.17. The van der Waals surface area contributed by atoms with Gasteiger partial charge in [-0.2, -0.15) is 0 Å². The summed E-state index contributed by atoms with van der Waals surface area (Å²) in [6.45, 7) is 12.5. The molecule has 0 heterocycles. The van der Waals surface area contributed by atoms with E-state index in [2.05, 4.69) is 62.1 Å². The van der Waals surface area contributed by atoms with Gasteiger partial charge in [0.15, 0.2) is 0 Å². The van der Waals surface area contributed by atoms with Crippen molar-refractivity contribution in [2.24, 2.45) is 11.8 Å². The molecule has 0 amide bonds. The molecule has 1 rings (SSSR count). The van der Waals surface area contributed by atoms with Crippen molar-refractivity contribution >= 4 is 0 Å². The molecule has 0 aromatic carbocycles. The van der Waals surface area contributed by atoms with Gasteiger partial charge in [-0.1, -0.05) is 56.6 Å². The molecule has 0 aromatic rings. The number of hydrogen-bond donors (Lipinski definition) is 4. The Morgan fingerprint density at radius 3 is 2.29 bits per heavy atom. The molecular formula is C26H46N2O3. The van der Waals surface area contributed by atoms with E-state index in [-0.39, 0.29) is 6.61 Å². The van der Waals surface area contributed by atoms with Crippen LogP contribution in [0.25, 0.3) is 0 Å². The quantitative estimate of drug-likeness (QED) is 0.144. The molecule has 0 radical (unpaired) electrons. The summed E-state index contributed by atoms with van der Waals surface area (Å²) in [6.07, 6.45) is 24.8. The van der Waals surface area contributed by atoms with Crippen molar-refractivity contribution in [3.05, 3.63) is 48.7 Å². The summed E-state index contributed by atoms with van der Waals surface area (Å²) in [5, 5.41) is 25.3. The van der Waals surface area contributed by atoms with Crippen molar-refractivity contribution in [3.63, 3.8) is 0 Å². The molecule has 1 saturated carbocycles. The Hall–Kier alpha value is -1.84. The monoisotopic (exact) mass is 434 g/mol. The fourth-order valence-electron chi connectivity index (χ4n) is 3.50. The molecule has 1 aliphatic carbocycles. The van der Waals surface area contributed by atoms with Gasteiger partial charge in [-0.25, -0.2) is 0 Å². The van der Waals surface area contributed by atoms with Gasteiger partial charge in [0.25, 0.3) is 0 Å². The van der Waals surface area contributed by atoms with Crippen LogP contribution in [0.5, 0.6) is 0 Å². The number of hydrogen-bond acceptors (Lipinski definition) is 5. The summed E-state index contributed by atoms with van der Waals surface area (Å²) in [6, 6.07) is 0. The fraction of sp³-hybridized carbons (Fsp3) is 0.615. The first-order chi connectivity index (χ1) is 15.1. The van der Waals surface area contributed by atoms with Crippen molar-refractivity contribution in [2.75, 3.05) is 13.2 Å². The molecular weight excluding hydrogens is 388 g/mol. The van der Waals surface area contributed by atoms with Crippen molar-refractivity contribution in [2.45, 2.75) is 78.9 Å². The smallest absolute Gasteiger partial charge is 0.214 e. The van der Waals surface area contributed by atoms with E-state index >= 15 is 0 Å². The molecule has 178 valence electrons. The van der Waals surface area contributed by atoms with E-state index in [0.717, 1.165) is 12.3 Å². The molecule has 1 fully saturated rings. The topological polar surface area (TPSA) is 73.8 Å². The maximum Gasteiger partial charge on any atom is 0.214 e. The van der Waals surface area contributed by atoms with Gasteiger partial charge >= 0.3 is 0 Å². The lowest BCUT2D eigenvalue weighted by Gasteiger charge is -2.30. The van der Waals surface area contributed by atoms with Gasteiger partial charge in [-0.05, 0) is 63.6 Å². The first-order valence-electron chi connectivity index (χ1n) is 11.4. The Balaban J connectivity index is 0. The van der Waals surface area contributed by atoms with Crippen LogP contribution in [0.2, 0.25) is 0 Å². The summed E-state index contributed by atoms with van der Waals surface area (Å²) in [5.74, 6) is 1.35. The Morgan fingerprint density at radius 2 is 1.74 bits per heavy atom. The Morgan fingerprint density at radius 1 is 1.13 bits per heavy atom. The highest BCUT2D eigenvalue weighted by Gasteiger charge is 2.23. The van der Waals surface area contributed by atoms with E-state index in [0.29, 0.717) is 12.5 Å². The number of allylic oxidation sites excluding steroid dienone is 4. The van der Waals surface area contributed by atoms with Gasteiger partial charge < -0.3 is 20.3 Å². The highest BCUT2D eigenvalue weighted by Crippen LogP contribution is 2.34. The van der Waals surface area contributed by atoms with Crippen molar-refractivity contribution in [1.29, 1.82) is 0 Å². The van der Waals surface area contributed by atoms with E-state index < -0.39 is 12.6 Å². The zero-order valence-electron chi connectivity index (χ0n) is 20.1. The Bertz CT molecular complexity index is 518. The third-order valence-corrected chi connectivity index (χ3v) is 4.99. The van der Waals surface area contributed by atoms with Crippen LogP contribution in [0.3, 0.4) is 0 Å². The van der Waals surface area contributed by atoms with Crippen molar-refractivity contribution in [3.8, 4) is 12.8 Å². The molecule has 2 atom stereocenters. The lowest BCUT2D eigenvalue weighted by molar-refractivity contribution is -0.108. The molecule has 0 aliphatic heterocycles. The van der Waals surface area contributed by atoms with Crippen LogP contribution in [0, 0.1) is 24.7 Å². The maximum absolute atomic E-state index is 10.2. The molecule has 0 saturated heterocycles. The van der Waals surface area contributed by atoms with E-state index in [1.807, 2.05) is 13.8 Å². The molecule has 0 spiro atoms. The van der Waals surface area contributed by atoms with Gasteiger partial charge in [-0.15, -0.1) is 19.4 Å². The second kappa shape index (κ2) is 22.8. The Kier molecular flexibility index (Phi) is 23.1. The van der Waals surface area contributed by atoms with E-state index in [1.54, 1.807) is 18.4 Å². The fourth-order valence-corrected chi connectivity index (χ4v) is 3.50. The second-order valence-corrected chi connectivity index (χ2v) is 7.16. The zero-order chi connectivity index (χ0) is 23.9. The first-order valence-corrected chi connectivity index (χ1v) is 11.4. The number of terminal acetylenes is 1.